The zero-order chi connectivity index (χ0) is 15.8. The van der Waals surface area contributed by atoms with E-state index in [4.69, 9.17) is 14.2 Å². The summed E-state index contributed by atoms with van der Waals surface area (Å²) in [6, 6.07) is 3.72. The van der Waals surface area contributed by atoms with E-state index in [1.165, 1.54) is 19.3 Å². The molecule has 0 aromatic heterocycles. The predicted octanol–water partition coefficient (Wildman–Crippen LogP) is 0.689. The minimum absolute atomic E-state index is 0.579. The maximum absolute atomic E-state index is 5.33. The number of nitrogens with zero attached hydrogens (tertiary/aromatic N) is 1. The predicted molar refractivity (Wildman–Crippen MR) is 86.1 cm³/mol. The van der Waals surface area contributed by atoms with Crippen molar-refractivity contribution < 1.29 is 19.2 Å². The molecule has 2 N–H and O–H groups in total. The Morgan fingerprint density at radius 3 is 2.41 bits per heavy atom. The summed E-state index contributed by atoms with van der Waals surface area (Å²) in [4.78, 5) is 3.35. The first-order chi connectivity index (χ1) is 10.8. The molecule has 1 heterocycles. The summed E-state index contributed by atoms with van der Waals surface area (Å²) in [5.74, 6) is 2.88. The summed E-state index contributed by atoms with van der Waals surface area (Å²) < 4.78 is 16.0. The Balaban J connectivity index is 2.11. The maximum atomic E-state index is 5.33. The van der Waals surface area contributed by atoms with E-state index in [2.05, 4.69) is 15.5 Å². The maximum Gasteiger partial charge on any atom is 0.267 e. The Kier molecular flexibility index (Phi) is 6.06. The topological polar surface area (TPSA) is 66.0 Å². The Labute approximate surface area is 131 Å². The van der Waals surface area contributed by atoms with Crippen LogP contribution in [0.15, 0.2) is 17.2 Å². The number of methoxy groups -OCH3 is 3. The van der Waals surface area contributed by atoms with E-state index in [1.54, 1.807) is 27.5 Å². The highest BCUT2D eigenvalue weighted by molar-refractivity contribution is 5.84. The first kappa shape index (κ1) is 16.1. The molecule has 0 fully saturated rings. The van der Waals surface area contributed by atoms with E-state index < -0.39 is 0 Å². The van der Waals surface area contributed by atoms with E-state index in [0.717, 1.165) is 24.4 Å². The van der Waals surface area contributed by atoms with Crippen molar-refractivity contribution in [3.8, 4) is 17.2 Å². The molecule has 22 heavy (non-hydrogen) atoms. The van der Waals surface area contributed by atoms with Gasteiger partial charge in [0.15, 0.2) is 11.5 Å². The number of amidine groups is 1. The van der Waals surface area contributed by atoms with E-state index in [0.29, 0.717) is 17.2 Å². The van der Waals surface area contributed by atoms with Crippen LogP contribution in [0.3, 0.4) is 0 Å². The van der Waals surface area contributed by atoms with E-state index in [1.807, 2.05) is 12.1 Å². The van der Waals surface area contributed by atoms with Crippen LogP contribution in [0.5, 0.6) is 17.2 Å². The number of hydrazone groups is 1. The van der Waals surface area contributed by atoms with Crippen LogP contribution in [0.4, 0.5) is 0 Å². The molecule has 1 aromatic carbocycles. The molecular weight excluding hydrogens is 282 g/mol. The van der Waals surface area contributed by atoms with Crippen molar-refractivity contribution >= 4 is 12.1 Å². The minimum atomic E-state index is 0.579. The molecule has 0 unspecified atom stereocenters. The van der Waals surface area contributed by atoms with Crippen molar-refractivity contribution in [1.29, 1.82) is 0 Å². The molecule has 0 aliphatic carbocycles. The molecule has 0 radical (unpaired) electrons. The van der Waals surface area contributed by atoms with Gasteiger partial charge in [0.1, 0.15) is 0 Å². The van der Waals surface area contributed by atoms with E-state index in [9.17, 15) is 0 Å². The third kappa shape index (κ3) is 4.13. The van der Waals surface area contributed by atoms with Crippen molar-refractivity contribution in [3.63, 3.8) is 0 Å². The zero-order valence-electron chi connectivity index (χ0n) is 13.4. The van der Waals surface area contributed by atoms with Gasteiger partial charge in [-0.1, -0.05) is 5.10 Å². The summed E-state index contributed by atoms with van der Waals surface area (Å²) in [5, 5.41) is 4.29. The lowest BCUT2D eigenvalue weighted by atomic mass is 10.2. The monoisotopic (exact) mass is 306 g/mol. The normalized spacial score (nSPS) is 15.1. The molecule has 6 heteroatoms. The average molecular weight is 306 g/mol. The summed E-state index contributed by atoms with van der Waals surface area (Å²) in [6.07, 6.45) is 6.40. The Bertz CT molecular complexity index is 531. The second-order valence-corrected chi connectivity index (χ2v) is 5.04. The summed E-state index contributed by atoms with van der Waals surface area (Å²) >= 11 is 0. The Morgan fingerprint density at radius 1 is 1.05 bits per heavy atom. The highest BCUT2D eigenvalue weighted by atomic mass is 16.5. The van der Waals surface area contributed by atoms with Crippen LogP contribution in [-0.4, -0.2) is 39.9 Å². The number of hydrogen-bond donors (Lipinski definition) is 2. The third-order valence-electron chi connectivity index (χ3n) is 3.54. The van der Waals surface area contributed by atoms with Gasteiger partial charge in [-0.3, -0.25) is 4.99 Å². The first-order valence-electron chi connectivity index (χ1n) is 7.47. The largest absolute Gasteiger partial charge is 0.493 e. The van der Waals surface area contributed by atoms with Gasteiger partial charge in [-0.05, 0) is 31.4 Å². The zero-order valence-corrected chi connectivity index (χ0v) is 13.4. The average Bonchev–Trinajstić information content (AvgIpc) is 2.82. The van der Waals surface area contributed by atoms with Crippen molar-refractivity contribution in [2.24, 2.45) is 5.10 Å². The molecule has 0 saturated carbocycles. The number of nitrogens with one attached hydrogen (secondary N) is 2. The molecule has 1 aromatic rings. The number of hydrogen-bond acceptors (Lipinski definition) is 5. The van der Waals surface area contributed by atoms with Crippen LogP contribution >= 0.6 is 0 Å². The molecular formula is C16H24N3O3+. The second kappa shape index (κ2) is 8.26. The fraction of sp³-hybridized carbons (Fsp3) is 0.500. The summed E-state index contributed by atoms with van der Waals surface area (Å²) in [7, 11) is 4.79. The number of benzene rings is 1. The van der Waals surface area contributed by atoms with Gasteiger partial charge in [-0.2, -0.15) is 5.43 Å². The van der Waals surface area contributed by atoms with Crippen LogP contribution in [0, 0.1) is 0 Å². The molecule has 1 aliphatic rings. The summed E-state index contributed by atoms with van der Waals surface area (Å²) in [6.45, 7) is 1.00. The molecule has 0 atom stereocenters. The van der Waals surface area contributed by atoms with Gasteiger partial charge in [0.2, 0.25) is 5.75 Å². The van der Waals surface area contributed by atoms with Crippen LogP contribution in [-0.2, 0) is 0 Å². The first-order valence-corrected chi connectivity index (χ1v) is 7.47. The van der Waals surface area contributed by atoms with Gasteiger partial charge in [-0.15, -0.1) is 0 Å². The standard InChI is InChI=1S/C16H23N3O3/c1-20-13-9-12(10-14(21-2)16(13)22-3)11-18-19-15-7-5-4-6-8-17-15/h9-11H,4-8H2,1-3H3,(H,17,19)/p+1/b18-11-. The van der Waals surface area contributed by atoms with E-state index in [-0.39, 0.29) is 0 Å². The van der Waals surface area contributed by atoms with Crippen molar-refractivity contribution in [2.45, 2.75) is 25.7 Å². The molecule has 2 rings (SSSR count). The summed E-state index contributed by atoms with van der Waals surface area (Å²) in [5.41, 5.74) is 3.95. The van der Waals surface area contributed by atoms with Gasteiger partial charge < -0.3 is 14.2 Å². The smallest absolute Gasteiger partial charge is 0.267 e. The molecule has 0 saturated heterocycles. The molecule has 0 amide bonds. The quantitative estimate of drug-likeness (QED) is 0.620. The highest BCUT2D eigenvalue weighted by Crippen LogP contribution is 2.37. The SMILES string of the molecule is COc1cc(/C=N\NC2=[NH+]CCCCC2)cc(OC)c1OC. The minimum Gasteiger partial charge on any atom is -0.493 e. The van der Waals surface area contributed by atoms with Gasteiger partial charge in [0.25, 0.3) is 5.84 Å². The van der Waals surface area contributed by atoms with E-state index >= 15 is 0 Å². The Hall–Kier alpha value is -2.24. The lowest BCUT2D eigenvalue weighted by Crippen LogP contribution is -2.75. The van der Waals surface area contributed by atoms with Crippen molar-refractivity contribution in [3.05, 3.63) is 17.7 Å². The Morgan fingerprint density at radius 2 is 1.77 bits per heavy atom. The van der Waals surface area contributed by atoms with Gasteiger partial charge in [0, 0.05) is 5.56 Å². The van der Waals surface area contributed by atoms with Gasteiger partial charge in [-0.25, -0.2) is 0 Å². The van der Waals surface area contributed by atoms with Crippen LogP contribution in [0.25, 0.3) is 0 Å². The van der Waals surface area contributed by atoms with Crippen molar-refractivity contribution in [2.75, 3.05) is 27.9 Å². The second-order valence-electron chi connectivity index (χ2n) is 5.04. The molecule has 6 nitrogen and oxygen atoms in total. The molecule has 0 spiro atoms. The molecule has 0 bridgehead atoms. The fourth-order valence-corrected chi connectivity index (χ4v) is 2.39. The number of ether oxygens (including phenoxy) is 3. The highest BCUT2D eigenvalue weighted by Gasteiger charge is 2.13. The third-order valence-corrected chi connectivity index (χ3v) is 3.54. The number of rotatable bonds is 5. The van der Waals surface area contributed by atoms with Crippen molar-refractivity contribution in [1.82, 2.24) is 5.43 Å². The molecule has 120 valence electrons. The van der Waals surface area contributed by atoms with Crippen LogP contribution < -0.4 is 24.6 Å². The van der Waals surface area contributed by atoms with Crippen LogP contribution in [0.1, 0.15) is 31.2 Å². The van der Waals surface area contributed by atoms with Gasteiger partial charge >= 0.3 is 0 Å². The lowest BCUT2D eigenvalue weighted by molar-refractivity contribution is -0.459. The fourth-order valence-electron chi connectivity index (χ4n) is 2.39. The molecule has 1 aliphatic heterocycles. The van der Waals surface area contributed by atoms with Crippen LogP contribution in [0.2, 0.25) is 0 Å². The van der Waals surface area contributed by atoms with Gasteiger partial charge in [0.05, 0.1) is 40.5 Å². The lowest BCUT2D eigenvalue weighted by Gasteiger charge is -2.12.